The molecule has 0 amide bonds. The van der Waals surface area contributed by atoms with Gasteiger partial charge in [0.1, 0.15) is 16.9 Å². The van der Waals surface area contributed by atoms with E-state index in [0.29, 0.717) is 23.3 Å². The van der Waals surface area contributed by atoms with Crippen LogP contribution in [0.2, 0.25) is 0 Å². The Bertz CT molecular complexity index is 942. The molecule has 0 bridgehead atoms. The van der Waals surface area contributed by atoms with Crippen LogP contribution < -0.4 is 4.74 Å². The fourth-order valence-electron chi connectivity index (χ4n) is 2.67. The molecule has 1 heterocycles. The van der Waals surface area contributed by atoms with Crippen molar-refractivity contribution in [3.63, 3.8) is 0 Å². The van der Waals surface area contributed by atoms with Crippen molar-refractivity contribution in [2.75, 3.05) is 14.2 Å². The van der Waals surface area contributed by atoms with Gasteiger partial charge in [0, 0.05) is 16.1 Å². The molecule has 0 atom stereocenters. The van der Waals surface area contributed by atoms with Gasteiger partial charge in [0.15, 0.2) is 5.75 Å². The number of carbonyl (C=O) groups is 1. The van der Waals surface area contributed by atoms with Gasteiger partial charge in [-0.15, -0.1) is 0 Å². The van der Waals surface area contributed by atoms with Crippen molar-refractivity contribution in [2.24, 2.45) is 0 Å². The van der Waals surface area contributed by atoms with Crippen molar-refractivity contribution in [3.8, 4) is 5.75 Å². The number of benzene rings is 2. The minimum absolute atomic E-state index is 0.261. The molecule has 3 aromatic rings. The van der Waals surface area contributed by atoms with Crippen molar-refractivity contribution in [1.82, 2.24) is 4.98 Å². The smallest absolute Gasteiger partial charge is 0.341 e. The summed E-state index contributed by atoms with van der Waals surface area (Å²) in [5, 5.41) is 0.823. The SMILES string of the molecule is COC(=O)c1cc(Br)c2cc(Cc3ccc(F)cc3)cnc2c1OC. The fraction of sp³-hybridized carbons (Fsp3) is 0.158. The van der Waals surface area contributed by atoms with Crippen LogP contribution in [-0.2, 0) is 11.2 Å². The summed E-state index contributed by atoms with van der Waals surface area (Å²) in [6.45, 7) is 0. The highest BCUT2D eigenvalue weighted by Crippen LogP contribution is 2.35. The molecule has 0 spiro atoms. The molecule has 25 heavy (non-hydrogen) atoms. The number of ether oxygens (including phenoxy) is 2. The zero-order valence-corrected chi connectivity index (χ0v) is 15.3. The molecule has 1 aromatic heterocycles. The first-order valence-corrected chi connectivity index (χ1v) is 8.30. The van der Waals surface area contributed by atoms with Crippen LogP contribution in [0.3, 0.4) is 0 Å². The van der Waals surface area contributed by atoms with E-state index in [2.05, 4.69) is 20.9 Å². The lowest BCUT2D eigenvalue weighted by atomic mass is 10.0. The van der Waals surface area contributed by atoms with Gasteiger partial charge < -0.3 is 9.47 Å². The van der Waals surface area contributed by atoms with Gasteiger partial charge in [0.25, 0.3) is 0 Å². The Morgan fingerprint density at radius 1 is 1.16 bits per heavy atom. The van der Waals surface area contributed by atoms with Gasteiger partial charge in [-0.2, -0.15) is 0 Å². The maximum atomic E-state index is 13.0. The average Bonchev–Trinajstić information content (AvgIpc) is 2.63. The largest absolute Gasteiger partial charge is 0.494 e. The van der Waals surface area contributed by atoms with Crippen LogP contribution in [0.25, 0.3) is 10.9 Å². The van der Waals surface area contributed by atoms with Gasteiger partial charge in [-0.25, -0.2) is 9.18 Å². The topological polar surface area (TPSA) is 48.4 Å². The molecule has 128 valence electrons. The lowest BCUT2D eigenvalue weighted by molar-refractivity contribution is 0.0597. The fourth-order valence-corrected chi connectivity index (χ4v) is 3.20. The van der Waals surface area contributed by atoms with E-state index in [-0.39, 0.29) is 5.82 Å². The van der Waals surface area contributed by atoms with E-state index in [9.17, 15) is 9.18 Å². The van der Waals surface area contributed by atoms with Crippen molar-refractivity contribution in [2.45, 2.75) is 6.42 Å². The monoisotopic (exact) mass is 403 g/mol. The first-order valence-electron chi connectivity index (χ1n) is 7.51. The van der Waals surface area contributed by atoms with Gasteiger partial charge in [-0.1, -0.05) is 28.1 Å². The Labute approximate surface area is 152 Å². The van der Waals surface area contributed by atoms with E-state index in [1.165, 1.54) is 26.4 Å². The summed E-state index contributed by atoms with van der Waals surface area (Å²) in [5.74, 6) is -0.377. The number of carbonyl (C=O) groups excluding carboxylic acids is 1. The van der Waals surface area contributed by atoms with Crippen molar-refractivity contribution < 1.29 is 18.7 Å². The second kappa shape index (κ2) is 7.19. The number of hydrogen-bond acceptors (Lipinski definition) is 4. The summed E-state index contributed by atoms with van der Waals surface area (Å²) < 4.78 is 23.9. The van der Waals surface area contributed by atoms with E-state index in [1.807, 2.05) is 6.07 Å². The van der Waals surface area contributed by atoms with Crippen LogP contribution in [-0.4, -0.2) is 25.2 Å². The van der Waals surface area contributed by atoms with Crippen LogP contribution in [0.4, 0.5) is 4.39 Å². The number of methoxy groups -OCH3 is 2. The van der Waals surface area contributed by atoms with Crippen LogP contribution in [0.5, 0.6) is 5.75 Å². The van der Waals surface area contributed by atoms with Crippen molar-refractivity contribution in [3.05, 3.63) is 69.6 Å². The van der Waals surface area contributed by atoms with E-state index < -0.39 is 5.97 Å². The molecule has 0 aliphatic heterocycles. The molecule has 0 N–H and O–H groups in total. The second-order valence-electron chi connectivity index (χ2n) is 5.47. The maximum absolute atomic E-state index is 13.0. The van der Waals surface area contributed by atoms with Crippen LogP contribution in [0, 0.1) is 5.82 Å². The summed E-state index contributed by atoms with van der Waals surface area (Å²) in [6.07, 6.45) is 2.35. The highest BCUT2D eigenvalue weighted by Gasteiger charge is 2.19. The Hall–Kier alpha value is -2.47. The zero-order valence-electron chi connectivity index (χ0n) is 13.7. The number of aromatic nitrogens is 1. The second-order valence-corrected chi connectivity index (χ2v) is 6.33. The predicted octanol–water partition coefficient (Wildman–Crippen LogP) is 4.52. The lowest BCUT2D eigenvalue weighted by Gasteiger charge is -2.12. The highest BCUT2D eigenvalue weighted by atomic mass is 79.9. The van der Waals surface area contributed by atoms with Gasteiger partial charge in [0.2, 0.25) is 0 Å². The van der Waals surface area contributed by atoms with E-state index >= 15 is 0 Å². The molecule has 0 saturated heterocycles. The predicted molar refractivity (Wildman–Crippen MR) is 96.5 cm³/mol. The summed E-state index contributed by atoms with van der Waals surface area (Å²) in [7, 11) is 2.81. The first-order chi connectivity index (χ1) is 12.0. The molecule has 0 aliphatic carbocycles. The minimum atomic E-state index is -0.489. The maximum Gasteiger partial charge on any atom is 0.341 e. The van der Waals surface area contributed by atoms with Crippen LogP contribution in [0.1, 0.15) is 21.5 Å². The minimum Gasteiger partial charge on any atom is -0.494 e. The highest BCUT2D eigenvalue weighted by molar-refractivity contribution is 9.10. The molecule has 0 saturated carbocycles. The van der Waals surface area contributed by atoms with Gasteiger partial charge in [0.05, 0.1) is 14.2 Å². The Morgan fingerprint density at radius 3 is 2.52 bits per heavy atom. The van der Waals surface area contributed by atoms with Crippen LogP contribution >= 0.6 is 15.9 Å². The molecule has 0 aliphatic rings. The molecule has 6 heteroatoms. The average molecular weight is 404 g/mol. The van der Waals surface area contributed by atoms with E-state index in [4.69, 9.17) is 9.47 Å². The summed E-state index contributed by atoms with van der Waals surface area (Å²) in [4.78, 5) is 16.4. The number of nitrogens with zero attached hydrogens (tertiary/aromatic N) is 1. The molecular formula is C19H15BrFNO3. The number of rotatable bonds is 4. The standard InChI is InChI=1S/C19H15BrFNO3/c1-24-18-15(19(23)25-2)9-16(20)14-8-12(10-22-17(14)18)7-11-3-5-13(21)6-4-11/h3-6,8-10H,7H2,1-2H3. The third-order valence-corrected chi connectivity index (χ3v) is 4.52. The lowest BCUT2D eigenvalue weighted by Crippen LogP contribution is -2.05. The molecular weight excluding hydrogens is 389 g/mol. The first kappa shape index (κ1) is 17.4. The molecule has 0 radical (unpaired) electrons. The summed E-state index contributed by atoms with van der Waals surface area (Å²) >= 11 is 3.48. The molecule has 3 rings (SSSR count). The molecule has 2 aromatic carbocycles. The van der Waals surface area contributed by atoms with Crippen LogP contribution in [0.15, 0.2) is 47.1 Å². The van der Waals surface area contributed by atoms with Crippen molar-refractivity contribution in [1.29, 1.82) is 0 Å². The summed E-state index contributed by atoms with van der Waals surface area (Å²) in [6, 6.07) is 10.00. The van der Waals surface area contributed by atoms with Gasteiger partial charge in [-0.05, 0) is 41.8 Å². The molecule has 0 fully saturated rings. The van der Waals surface area contributed by atoms with Crippen molar-refractivity contribution >= 4 is 32.8 Å². The van der Waals surface area contributed by atoms with E-state index in [0.717, 1.165) is 21.0 Å². The quantitative estimate of drug-likeness (QED) is 0.600. The Balaban J connectivity index is 2.07. The Morgan fingerprint density at radius 2 is 1.88 bits per heavy atom. The third kappa shape index (κ3) is 3.49. The molecule has 4 nitrogen and oxygen atoms in total. The summed E-state index contributed by atoms with van der Waals surface area (Å²) in [5.41, 5.74) is 2.83. The number of hydrogen-bond donors (Lipinski definition) is 0. The number of halogens is 2. The normalized spacial score (nSPS) is 10.7. The third-order valence-electron chi connectivity index (χ3n) is 3.86. The molecule has 0 unspecified atom stereocenters. The zero-order chi connectivity index (χ0) is 18.0. The van der Waals surface area contributed by atoms with Gasteiger partial charge in [-0.3, -0.25) is 4.98 Å². The number of fused-ring (bicyclic) bond motifs is 1. The van der Waals surface area contributed by atoms with E-state index in [1.54, 1.807) is 24.4 Å². The Kier molecular flexibility index (Phi) is 4.99. The number of esters is 1. The number of pyridine rings is 1. The van der Waals surface area contributed by atoms with Gasteiger partial charge >= 0.3 is 5.97 Å².